The molecule has 0 aromatic heterocycles. The van der Waals surface area contributed by atoms with E-state index < -0.39 is 24.6 Å². The maximum Gasteiger partial charge on any atom is 0.314 e. The minimum atomic E-state index is -1.14. The molecule has 3 N–H and O–H groups in total. The number of alkyl halides is 1. The number of hydrogen-bond acceptors (Lipinski definition) is 2. The van der Waals surface area contributed by atoms with Crippen molar-refractivity contribution in [1.29, 1.82) is 0 Å². The summed E-state index contributed by atoms with van der Waals surface area (Å²) < 4.78 is 12.6. The maximum absolute atomic E-state index is 12.6. The molecular weight excluding hydrogens is 406 g/mol. The van der Waals surface area contributed by atoms with E-state index in [-0.39, 0.29) is 22.2 Å². The highest BCUT2D eigenvalue weighted by Crippen LogP contribution is 2.31. The van der Waals surface area contributed by atoms with E-state index in [9.17, 15) is 19.1 Å². The first kappa shape index (κ1) is 22.0. The monoisotopic (exact) mass is 426 g/mol. The van der Waals surface area contributed by atoms with E-state index in [0.29, 0.717) is 19.4 Å². The molecule has 1 unspecified atom stereocenters. The van der Waals surface area contributed by atoms with Gasteiger partial charge in [-0.25, -0.2) is 4.79 Å². The van der Waals surface area contributed by atoms with Crippen molar-refractivity contribution in [1.82, 2.24) is 10.6 Å². The number of carbonyl (C=O) groups excluding carboxylic acids is 1. The van der Waals surface area contributed by atoms with Crippen LogP contribution >= 0.6 is 23.2 Å². The van der Waals surface area contributed by atoms with Gasteiger partial charge in [0.1, 0.15) is 5.92 Å². The van der Waals surface area contributed by atoms with Crippen LogP contribution in [0.2, 0.25) is 10.0 Å². The van der Waals surface area contributed by atoms with Crippen molar-refractivity contribution >= 4 is 35.2 Å². The van der Waals surface area contributed by atoms with Crippen LogP contribution in [0.1, 0.15) is 22.6 Å². The molecule has 2 aromatic carbocycles. The van der Waals surface area contributed by atoms with Crippen LogP contribution in [0.4, 0.5) is 9.18 Å². The number of carbonyl (C=O) groups is 2. The molecule has 2 rings (SSSR count). The van der Waals surface area contributed by atoms with Gasteiger partial charge in [0, 0.05) is 35.1 Å². The predicted molar refractivity (Wildman–Crippen MR) is 108 cm³/mol. The second kappa shape index (κ2) is 10.9. The zero-order chi connectivity index (χ0) is 20.5. The number of carboxylic acid groups (broad SMARTS) is 1. The first-order valence-electron chi connectivity index (χ1n) is 8.75. The number of aryl methyl sites for hydroxylation is 1. The molecule has 0 spiro atoms. The molecule has 0 aliphatic rings. The molecule has 0 aliphatic carbocycles. The Morgan fingerprint density at radius 2 is 1.57 bits per heavy atom. The molecule has 8 heteroatoms. The highest BCUT2D eigenvalue weighted by molar-refractivity contribution is 6.36. The Kier molecular flexibility index (Phi) is 8.54. The molecule has 5 nitrogen and oxygen atoms in total. The van der Waals surface area contributed by atoms with Gasteiger partial charge in [-0.2, -0.15) is 0 Å². The fourth-order valence-corrected chi connectivity index (χ4v) is 3.53. The van der Waals surface area contributed by atoms with Crippen molar-refractivity contribution in [3.8, 4) is 0 Å². The van der Waals surface area contributed by atoms with Gasteiger partial charge in [-0.1, -0.05) is 53.5 Å². The zero-order valence-corrected chi connectivity index (χ0v) is 16.6. The lowest BCUT2D eigenvalue weighted by Crippen LogP contribution is -2.40. The highest BCUT2D eigenvalue weighted by atomic mass is 35.5. The topological polar surface area (TPSA) is 78.4 Å². The van der Waals surface area contributed by atoms with Crippen LogP contribution in [-0.4, -0.2) is 36.9 Å². The van der Waals surface area contributed by atoms with Crippen LogP contribution in [0.25, 0.3) is 0 Å². The van der Waals surface area contributed by atoms with Crippen LogP contribution in [0.3, 0.4) is 0 Å². The van der Waals surface area contributed by atoms with Gasteiger partial charge in [0.05, 0.1) is 6.67 Å². The summed E-state index contributed by atoms with van der Waals surface area (Å²) in [5.41, 5.74) is 2.14. The lowest BCUT2D eigenvalue weighted by Gasteiger charge is -2.17. The predicted octanol–water partition coefficient (Wildman–Crippen LogP) is 4.22. The van der Waals surface area contributed by atoms with E-state index in [1.165, 1.54) is 0 Å². The van der Waals surface area contributed by atoms with Gasteiger partial charge in [-0.15, -0.1) is 0 Å². The molecule has 2 amide bonds. The number of amides is 2. The summed E-state index contributed by atoms with van der Waals surface area (Å²) in [5, 5.41) is 15.1. The fourth-order valence-electron chi connectivity index (χ4n) is 2.87. The molecule has 0 aliphatic heterocycles. The normalized spacial score (nSPS) is 11.7. The van der Waals surface area contributed by atoms with Gasteiger partial charge in [-0.3, -0.25) is 9.18 Å². The van der Waals surface area contributed by atoms with Gasteiger partial charge in [0.15, 0.2) is 0 Å². The second-order valence-electron chi connectivity index (χ2n) is 6.12. The Balaban J connectivity index is 1.90. The van der Waals surface area contributed by atoms with Crippen LogP contribution in [0.15, 0.2) is 42.5 Å². The quantitative estimate of drug-likeness (QED) is 0.561. The minimum absolute atomic E-state index is 0.164. The SMILES string of the molecule is O=C(NCCc1ccccc1CCF)NCC(C(=O)O)c1c(Cl)cccc1Cl. The van der Waals surface area contributed by atoms with Gasteiger partial charge in [0.2, 0.25) is 0 Å². The molecule has 2 aromatic rings. The molecule has 1 atom stereocenters. The number of carboxylic acids is 1. The van der Waals surface area contributed by atoms with Crippen molar-refractivity contribution in [2.45, 2.75) is 18.8 Å². The molecule has 0 saturated carbocycles. The van der Waals surface area contributed by atoms with Gasteiger partial charge >= 0.3 is 12.0 Å². The smallest absolute Gasteiger partial charge is 0.314 e. The molecule has 28 heavy (non-hydrogen) atoms. The number of aliphatic carboxylic acids is 1. The molecule has 150 valence electrons. The molecule has 0 fully saturated rings. The van der Waals surface area contributed by atoms with Crippen molar-refractivity contribution in [3.05, 3.63) is 69.2 Å². The summed E-state index contributed by atoms with van der Waals surface area (Å²) >= 11 is 12.1. The van der Waals surface area contributed by atoms with E-state index in [2.05, 4.69) is 10.6 Å². The van der Waals surface area contributed by atoms with Crippen molar-refractivity contribution < 1.29 is 19.1 Å². The Labute approximate surface area is 172 Å². The Hall–Kier alpha value is -2.31. The number of benzene rings is 2. The molecule has 0 bridgehead atoms. The number of urea groups is 1. The Morgan fingerprint density at radius 3 is 2.14 bits per heavy atom. The summed E-state index contributed by atoms with van der Waals surface area (Å²) in [5.74, 6) is -2.22. The minimum Gasteiger partial charge on any atom is -0.481 e. The van der Waals surface area contributed by atoms with Gasteiger partial charge < -0.3 is 15.7 Å². The maximum atomic E-state index is 12.6. The Bertz CT molecular complexity index is 813. The summed E-state index contributed by atoms with van der Waals surface area (Å²) in [6.45, 7) is -0.269. The average molecular weight is 427 g/mol. The average Bonchev–Trinajstić information content (AvgIpc) is 2.65. The summed E-state index contributed by atoms with van der Waals surface area (Å²) in [4.78, 5) is 23.6. The lowest BCUT2D eigenvalue weighted by molar-refractivity contribution is -0.138. The zero-order valence-electron chi connectivity index (χ0n) is 15.1. The van der Waals surface area contributed by atoms with E-state index in [4.69, 9.17) is 23.2 Å². The second-order valence-corrected chi connectivity index (χ2v) is 6.94. The third kappa shape index (κ3) is 6.11. The molecular formula is C20H21Cl2FN2O3. The molecule has 0 saturated heterocycles. The van der Waals surface area contributed by atoms with Gasteiger partial charge in [-0.05, 0) is 29.7 Å². The summed E-state index contributed by atoms with van der Waals surface area (Å²) in [6, 6.07) is 11.7. The van der Waals surface area contributed by atoms with Gasteiger partial charge in [0.25, 0.3) is 0 Å². The van der Waals surface area contributed by atoms with Crippen LogP contribution in [-0.2, 0) is 17.6 Å². The van der Waals surface area contributed by atoms with Crippen LogP contribution in [0, 0.1) is 0 Å². The van der Waals surface area contributed by atoms with E-state index >= 15 is 0 Å². The first-order valence-corrected chi connectivity index (χ1v) is 9.50. The number of nitrogens with one attached hydrogen (secondary N) is 2. The van der Waals surface area contributed by atoms with E-state index in [0.717, 1.165) is 11.1 Å². The van der Waals surface area contributed by atoms with Crippen molar-refractivity contribution in [3.63, 3.8) is 0 Å². The fraction of sp³-hybridized carbons (Fsp3) is 0.300. The molecule has 0 heterocycles. The first-order chi connectivity index (χ1) is 13.4. The molecule has 0 radical (unpaired) electrons. The number of rotatable bonds is 9. The highest BCUT2D eigenvalue weighted by Gasteiger charge is 2.25. The van der Waals surface area contributed by atoms with Crippen LogP contribution < -0.4 is 10.6 Å². The van der Waals surface area contributed by atoms with Crippen molar-refractivity contribution in [2.75, 3.05) is 19.8 Å². The number of hydrogen-bond donors (Lipinski definition) is 3. The van der Waals surface area contributed by atoms with E-state index in [1.807, 2.05) is 24.3 Å². The summed E-state index contributed by atoms with van der Waals surface area (Å²) in [7, 11) is 0. The third-order valence-corrected chi connectivity index (χ3v) is 4.93. The number of halogens is 3. The Morgan fingerprint density at radius 1 is 0.964 bits per heavy atom. The third-order valence-electron chi connectivity index (χ3n) is 4.28. The largest absolute Gasteiger partial charge is 0.481 e. The lowest BCUT2D eigenvalue weighted by atomic mass is 9.99. The summed E-state index contributed by atoms with van der Waals surface area (Å²) in [6.07, 6.45) is 0.879. The van der Waals surface area contributed by atoms with Crippen LogP contribution in [0.5, 0.6) is 0 Å². The standard InChI is InChI=1S/C20H21Cl2FN2O3/c21-16-6-3-7-17(22)18(16)15(19(26)27)12-25-20(28)24-11-9-14-5-2-1-4-13(14)8-10-23/h1-7,15H,8-12H2,(H,26,27)(H2,24,25,28). The van der Waals surface area contributed by atoms with E-state index in [1.54, 1.807) is 18.2 Å². The van der Waals surface area contributed by atoms with Crippen molar-refractivity contribution in [2.24, 2.45) is 0 Å².